The first-order valence-electron chi connectivity index (χ1n) is 7.72. The smallest absolute Gasteiger partial charge is 0.271 e. The van der Waals surface area contributed by atoms with Crippen LogP contribution in [-0.4, -0.2) is 37.3 Å². The summed E-state index contributed by atoms with van der Waals surface area (Å²) in [5.41, 5.74) is 0.217. The molecule has 27 heavy (non-hydrogen) atoms. The second-order valence-corrected chi connectivity index (χ2v) is 8.03. The molecule has 0 bridgehead atoms. The van der Waals surface area contributed by atoms with Gasteiger partial charge in [0.2, 0.25) is 10.0 Å². The van der Waals surface area contributed by atoms with E-state index in [-0.39, 0.29) is 34.6 Å². The van der Waals surface area contributed by atoms with Gasteiger partial charge in [-0.2, -0.15) is 4.31 Å². The van der Waals surface area contributed by atoms with Crippen LogP contribution in [0.5, 0.6) is 0 Å². The van der Waals surface area contributed by atoms with Crippen molar-refractivity contribution in [2.24, 2.45) is 0 Å². The Labute approximate surface area is 166 Å². The van der Waals surface area contributed by atoms with Gasteiger partial charge < -0.3 is 5.32 Å². The van der Waals surface area contributed by atoms with Crippen LogP contribution in [0.4, 0.5) is 10.1 Å². The molecule has 0 saturated carbocycles. The average molecular weight is 436 g/mol. The van der Waals surface area contributed by atoms with Crippen molar-refractivity contribution in [1.29, 1.82) is 0 Å². The molecule has 1 fully saturated rings. The lowest BCUT2D eigenvalue weighted by molar-refractivity contribution is -0.384. The molecule has 0 aliphatic carbocycles. The number of hydrogen-bond acceptors (Lipinski definition) is 5. The van der Waals surface area contributed by atoms with Gasteiger partial charge in [0, 0.05) is 31.8 Å². The Kier molecular flexibility index (Phi) is 6.77. The maximum absolute atomic E-state index is 13.6. The lowest BCUT2D eigenvalue weighted by Gasteiger charge is -2.35. The number of piperazine rings is 1. The highest BCUT2D eigenvalue weighted by atomic mass is 35.5. The molecule has 2 aromatic rings. The summed E-state index contributed by atoms with van der Waals surface area (Å²) in [6.45, 7) is 0.903. The van der Waals surface area contributed by atoms with Crippen LogP contribution in [0.2, 0.25) is 5.02 Å². The minimum absolute atomic E-state index is 0. The molecule has 0 amide bonds. The molecule has 7 nitrogen and oxygen atoms in total. The van der Waals surface area contributed by atoms with E-state index in [9.17, 15) is 22.9 Å². The second kappa shape index (κ2) is 8.49. The lowest BCUT2D eigenvalue weighted by Crippen LogP contribution is -2.48. The van der Waals surface area contributed by atoms with Crippen molar-refractivity contribution < 1.29 is 17.7 Å². The average Bonchev–Trinajstić information content (AvgIpc) is 2.61. The number of benzene rings is 2. The van der Waals surface area contributed by atoms with Gasteiger partial charge in [-0.1, -0.05) is 23.7 Å². The number of rotatable bonds is 4. The van der Waals surface area contributed by atoms with Crippen molar-refractivity contribution in [2.45, 2.75) is 10.9 Å². The molecule has 11 heteroatoms. The van der Waals surface area contributed by atoms with Crippen molar-refractivity contribution in [2.75, 3.05) is 19.6 Å². The largest absolute Gasteiger partial charge is 0.313 e. The van der Waals surface area contributed by atoms with Gasteiger partial charge in [0.1, 0.15) is 10.7 Å². The first kappa shape index (κ1) is 21.5. The molecule has 1 saturated heterocycles. The highest BCUT2D eigenvalue weighted by Crippen LogP contribution is 2.33. The molecule has 0 aromatic heterocycles. The van der Waals surface area contributed by atoms with Crippen LogP contribution in [0.25, 0.3) is 0 Å². The van der Waals surface area contributed by atoms with E-state index in [0.717, 1.165) is 18.2 Å². The number of sulfonamides is 1. The molecule has 1 unspecified atom stereocenters. The van der Waals surface area contributed by atoms with Crippen LogP contribution >= 0.6 is 24.0 Å². The molecule has 2 aromatic carbocycles. The van der Waals surface area contributed by atoms with Gasteiger partial charge in [0.05, 0.1) is 16.0 Å². The van der Waals surface area contributed by atoms with Crippen molar-refractivity contribution in [3.8, 4) is 0 Å². The first-order valence-corrected chi connectivity index (χ1v) is 9.54. The number of nitrogens with one attached hydrogen (secondary N) is 1. The highest BCUT2D eigenvalue weighted by Gasteiger charge is 2.36. The van der Waals surface area contributed by atoms with Crippen molar-refractivity contribution in [1.82, 2.24) is 9.62 Å². The van der Waals surface area contributed by atoms with Crippen LogP contribution in [-0.2, 0) is 10.0 Å². The molecule has 1 heterocycles. The number of non-ortho nitro benzene ring substituents is 1. The van der Waals surface area contributed by atoms with E-state index in [0.29, 0.717) is 18.7 Å². The van der Waals surface area contributed by atoms with Crippen molar-refractivity contribution >= 4 is 39.7 Å². The molecule has 1 aliphatic rings. The maximum Gasteiger partial charge on any atom is 0.271 e. The van der Waals surface area contributed by atoms with E-state index in [1.165, 1.54) is 22.5 Å². The molecule has 1 aliphatic heterocycles. The summed E-state index contributed by atoms with van der Waals surface area (Å²) in [7, 11) is -4.03. The Balaban J connectivity index is 0.00000261. The van der Waals surface area contributed by atoms with Gasteiger partial charge in [0.25, 0.3) is 5.69 Å². The summed E-state index contributed by atoms with van der Waals surface area (Å²) in [4.78, 5) is 9.96. The van der Waals surface area contributed by atoms with Crippen molar-refractivity contribution in [3.05, 3.63) is 69.0 Å². The Hall–Kier alpha value is -1.78. The topological polar surface area (TPSA) is 92.5 Å². The zero-order valence-corrected chi connectivity index (χ0v) is 16.2. The molecule has 0 radical (unpaired) electrons. The van der Waals surface area contributed by atoms with E-state index in [1.807, 2.05) is 0 Å². The molecular weight excluding hydrogens is 420 g/mol. The highest BCUT2D eigenvalue weighted by molar-refractivity contribution is 7.89. The third-order valence-electron chi connectivity index (χ3n) is 4.14. The monoisotopic (exact) mass is 435 g/mol. The number of nitrogens with zero attached hydrogens (tertiary/aromatic N) is 2. The standard InChI is InChI=1S/C16H15ClFN3O4S.ClH/c17-14-9-13(21(22)23)4-5-16(14)26(24,25)20-7-6-19-10-15(20)11-2-1-3-12(18)8-11;/h1-5,8-9,15,19H,6-7,10H2;1H. The van der Waals surface area contributed by atoms with Gasteiger partial charge in [0.15, 0.2) is 0 Å². The van der Waals surface area contributed by atoms with Crippen LogP contribution < -0.4 is 5.32 Å². The third kappa shape index (κ3) is 4.39. The molecule has 1 atom stereocenters. The fraction of sp³-hybridized carbons (Fsp3) is 0.250. The number of hydrogen-bond donors (Lipinski definition) is 1. The first-order chi connectivity index (χ1) is 12.3. The summed E-state index contributed by atoms with van der Waals surface area (Å²) in [6, 6.07) is 8.36. The van der Waals surface area contributed by atoms with Gasteiger partial charge in [-0.05, 0) is 23.8 Å². The zero-order valence-electron chi connectivity index (χ0n) is 13.8. The SMILES string of the molecule is Cl.O=[N+]([O-])c1ccc(S(=O)(=O)N2CCNCC2c2cccc(F)c2)c(Cl)c1. The molecule has 0 spiro atoms. The predicted octanol–water partition coefficient (Wildman–Crippen LogP) is 3.14. The number of halogens is 3. The zero-order chi connectivity index (χ0) is 18.9. The molecule has 146 valence electrons. The van der Waals surface area contributed by atoms with E-state index in [4.69, 9.17) is 11.6 Å². The summed E-state index contributed by atoms with van der Waals surface area (Å²) >= 11 is 6.01. The van der Waals surface area contributed by atoms with Crippen LogP contribution in [0.3, 0.4) is 0 Å². The van der Waals surface area contributed by atoms with Crippen LogP contribution in [0.1, 0.15) is 11.6 Å². The van der Waals surface area contributed by atoms with Crippen LogP contribution in [0.15, 0.2) is 47.4 Å². The fourth-order valence-corrected chi connectivity index (χ4v) is 5.04. The Bertz CT molecular complexity index is 958. The maximum atomic E-state index is 13.6. The van der Waals surface area contributed by atoms with E-state index in [2.05, 4.69) is 5.32 Å². The van der Waals surface area contributed by atoms with Crippen molar-refractivity contribution in [3.63, 3.8) is 0 Å². The van der Waals surface area contributed by atoms with E-state index >= 15 is 0 Å². The number of nitro benzene ring substituents is 1. The third-order valence-corrected chi connectivity index (χ3v) is 6.53. The quantitative estimate of drug-likeness (QED) is 0.587. The van der Waals surface area contributed by atoms with Gasteiger partial charge >= 0.3 is 0 Å². The normalized spacial score (nSPS) is 17.9. The predicted molar refractivity (Wildman–Crippen MR) is 101 cm³/mol. The van der Waals surface area contributed by atoms with Gasteiger partial charge in [-0.25, -0.2) is 12.8 Å². The molecular formula is C16H16Cl2FN3O4S. The van der Waals surface area contributed by atoms with E-state index in [1.54, 1.807) is 6.07 Å². The lowest BCUT2D eigenvalue weighted by atomic mass is 10.1. The molecule has 1 N–H and O–H groups in total. The summed E-state index contributed by atoms with van der Waals surface area (Å²) < 4.78 is 41.0. The Morgan fingerprint density at radius 2 is 2.00 bits per heavy atom. The molecule has 3 rings (SSSR count). The summed E-state index contributed by atoms with van der Waals surface area (Å²) in [5.74, 6) is -0.459. The van der Waals surface area contributed by atoms with Crippen LogP contribution in [0, 0.1) is 15.9 Å². The van der Waals surface area contributed by atoms with E-state index < -0.39 is 26.8 Å². The summed E-state index contributed by atoms with van der Waals surface area (Å²) in [6.07, 6.45) is 0. The minimum atomic E-state index is -4.03. The second-order valence-electron chi connectivity index (χ2n) is 5.76. The fourth-order valence-electron chi connectivity index (χ4n) is 2.91. The Morgan fingerprint density at radius 3 is 2.63 bits per heavy atom. The van der Waals surface area contributed by atoms with Gasteiger partial charge in [-0.3, -0.25) is 10.1 Å². The minimum Gasteiger partial charge on any atom is -0.313 e. The Morgan fingerprint density at radius 1 is 1.26 bits per heavy atom. The number of nitro groups is 1. The summed E-state index contributed by atoms with van der Waals surface area (Å²) in [5, 5.41) is 13.7. The van der Waals surface area contributed by atoms with Gasteiger partial charge in [-0.15, -0.1) is 12.4 Å².